The molecule has 2 aliphatic rings. The maximum absolute atomic E-state index is 5.37. The molecule has 2 heterocycles. The van der Waals surface area contributed by atoms with Crippen LogP contribution in [0, 0.1) is 5.92 Å². The molecule has 0 amide bonds. The Morgan fingerprint density at radius 3 is 2.82 bits per heavy atom. The zero-order valence-electron chi connectivity index (χ0n) is 11.3. The van der Waals surface area contributed by atoms with Gasteiger partial charge in [-0.05, 0) is 38.1 Å². The lowest BCUT2D eigenvalue weighted by Gasteiger charge is -2.33. The van der Waals surface area contributed by atoms with Gasteiger partial charge in [0.2, 0.25) is 0 Å². The summed E-state index contributed by atoms with van der Waals surface area (Å²) in [5.74, 6) is 0.951. The molecule has 0 spiro atoms. The van der Waals surface area contributed by atoms with Crippen LogP contribution in [0.4, 0.5) is 0 Å². The Morgan fingerprint density at radius 2 is 2.06 bits per heavy atom. The maximum Gasteiger partial charge on any atom is 0.0480 e. The number of hydrogen-bond acceptors (Lipinski definition) is 3. The fourth-order valence-corrected chi connectivity index (χ4v) is 3.02. The van der Waals surface area contributed by atoms with Crippen LogP contribution in [0.25, 0.3) is 0 Å². The molecule has 0 aromatic heterocycles. The quantitative estimate of drug-likeness (QED) is 0.794. The molecule has 0 saturated carbocycles. The molecular weight excluding hydrogens is 212 g/mol. The highest BCUT2D eigenvalue weighted by atomic mass is 16.5. The zero-order valence-corrected chi connectivity index (χ0v) is 11.3. The lowest BCUT2D eigenvalue weighted by molar-refractivity contribution is 0.0764. The third-order valence-electron chi connectivity index (χ3n) is 4.26. The Balaban J connectivity index is 1.57. The van der Waals surface area contributed by atoms with E-state index in [-0.39, 0.29) is 0 Å². The molecule has 3 heteroatoms. The summed E-state index contributed by atoms with van der Waals surface area (Å²) in [5.41, 5.74) is 0. The Hall–Kier alpha value is -0.120. The monoisotopic (exact) mass is 240 g/mol. The van der Waals surface area contributed by atoms with Crippen molar-refractivity contribution in [3.8, 4) is 0 Å². The van der Waals surface area contributed by atoms with Crippen molar-refractivity contribution in [2.45, 2.75) is 45.1 Å². The Morgan fingerprint density at radius 1 is 1.24 bits per heavy atom. The minimum Gasteiger partial charge on any atom is -0.381 e. The molecule has 1 unspecified atom stereocenters. The number of nitrogens with one attached hydrogen (secondary N) is 1. The normalized spacial score (nSPS) is 28.4. The average Bonchev–Trinajstić information content (AvgIpc) is 2.40. The van der Waals surface area contributed by atoms with Gasteiger partial charge in [0.05, 0.1) is 0 Å². The fraction of sp³-hybridized carbons (Fsp3) is 1.00. The minimum atomic E-state index is 0.704. The number of likely N-dealkylation sites (tertiary alicyclic amines) is 1. The number of piperidine rings is 1. The molecule has 1 atom stereocenters. The molecule has 1 N–H and O–H groups in total. The third-order valence-corrected chi connectivity index (χ3v) is 4.26. The summed E-state index contributed by atoms with van der Waals surface area (Å²) in [4.78, 5) is 2.64. The second kappa shape index (κ2) is 7.34. The van der Waals surface area contributed by atoms with Gasteiger partial charge < -0.3 is 15.0 Å². The highest BCUT2D eigenvalue weighted by Crippen LogP contribution is 2.18. The molecule has 3 nitrogen and oxygen atoms in total. The van der Waals surface area contributed by atoms with Crippen molar-refractivity contribution in [2.24, 2.45) is 5.92 Å². The summed E-state index contributed by atoms with van der Waals surface area (Å²) >= 11 is 0. The average molecular weight is 240 g/mol. The second-order valence-electron chi connectivity index (χ2n) is 5.56. The molecular formula is C14H28N2O. The lowest BCUT2D eigenvalue weighted by atomic mass is 9.96. The van der Waals surface area contributed by atoms with Crippen LogP contribution < -0.4 is 5.32 Å². The minimum absolute atomic E-state index is 0.704. The molecule has 2 fully saturated rings. The van der Waals surface area contributed by atoms with Gasteiger partial charge in [-0.3, -0.25) is 0 Å². The van der Waals surface area contributed by atoms with E-state index in [9.17, 15) is 0 Å². The van der Waals surface area contributed by atoms with Crippen LogP contribution in [0.1, 0.15) is 39.0 Å². The molecule has 0 bridgehead atoms. The van der Waals surface area contributed by atoms with Gasteiger partial charge in [-0.25, -0.2) is 0 Å². The maximum atomic E-state index is 5.37. The van der Waals surface area contributed by atoms with E-state index in [0.717, 1.165) is 25.7 Å². The smallest absolute Gasteiger partial charge is 0.0480 e. The van der Waals surface area contributed by atoms with Crippen LogP contribution in [0.15, 0.2) is 0 Å². The molecule has 0 aromatic rings. The van der Waals surface area contributed by atoms with Crippen molar-refractivity contribution in [3.63, 3.8) is 0 Å². The van der Waals surface area contributed by atoms with Gasteiger partial charge in [-0.15, -0.1) is 0 Å². The third kappa shape index (κ3) is 4.57. The summed E-state index contributed by atoms with van der Waals surface area (Å²) in [7, 11) is 0. The Bertz CT molecular complexity index is 204. The molecule has 2 saturated heterocycles. The van der Waals surface area contributed by atoms with Crippen molar-refractivity contribution in [1.29, 1.82) is 0 Å². The summed E-state index contributed by atoms with van der Waals surface area (Å²) in [6.45, 7) is 9.24. The highest BCUT2D eigenvalue weighted by molar-refractivity contribution is 4.75. The second-order valence-corrected chi connectivity index (χ2v) is 5.56. The van der Waals surface area contributed by atoms with E-state index in [4.69, 9.17) is 4.74 Å². The van der Waals surface area contributed by atoms with Crippen LogP contribution in [-0.4, -0.2) is 50.3 Å². The zero-order chi connectivity index (χ0) is 11.9. The summed E-state index contributed by atoms with van der Waals surface area (Å²) in [6.07, 6.45) is 6.58. The number of hydrogen-bond donors (Lipinski definition) is 1. The largest absolute Gasteiger partial charge is 0.381 e. The van der Waals surface area contributed by atoms with E-state index in [1.807, 2.05) is 0 Å². The van der Waals surface area contributed by atoms with E-state index >= 15 is 0 Å². The van der Waals surface area contributed by atoms with Crippen LogP contribution in [0.3, 0.4) is 0 Å². The number of rotatable bonds is 5. The summed E-state index contributed by atoms with van der Waals surface area (Å²) in [5, 5.41) is 3.68. The van der Waals surface area contributed by atoms with E-state index in [1.165, 1.54) is 51.7 Å². The molecule has 17 heavy (non-hydrogen) atoms. The van der Waals surface area contributed by atoms with Gasteiger partial charge in [0.1, 0.15) is 0 Å². The summed E-state index contributed by atoms with van der Waals surface area (Å²) in [6, 6.07) is 0.704. The number of ether oxygens (including phenoxy) is 1. The van der Waals surface area contributed by atoms with Gasteiger partial charge >= 0.3 is 0 Å². The molecule has 0 aromatic carbocycles. The first-order valence-electron chi connectivity index (χ1n) is 7.42. The first-order valence-corrected chi connectivity index (χ1v) is 7.42. The Kier molecular flexibility index (Phi) is 5.75. The molecule has 2 rings (SSSR count). The highest BCUT2D eigenvalue weighted by Gasteiger charge is 2.18. The van der Waals surface area contributed by atoms with Crippen molar-refractivity contribution in [2.75, 3.05) is 39.4 Å². The standard InChI is InChI=1S/C14H28N2O/c1-2-13-4-3-8-16(12-13)9-7-15-14-5-10-17-11-6-14/h13-15H,2-12H2,1H3. The van der Waals surface area contributed by atoms with Crippen molar-refractivity contribution >= 4 is 0 Å². The van der Waals surface area contributed by atoms with Crippen LogP contribution in [0.2, 0.25) is 0 Å². The van der Waals surface area contributed by atoms with Crippen molar-refractivity contribution in [3.05, 3.63) is 0 Å². The van der Waals surface area contributed by atoms with Crippen LogP contribution >= 0.6 is 0 Å². The van der Waals surface area contributed by atoms with Gasteiger partial charge in [0, 0.05) is 38.9 Å². The van der Waals surface area contributed by atoms with Gasteiger partial charge in [0.15, 0.2) is 0 Å². The van der Waals surface area contributed by atoms with Gasteiger partial charge in [-0.1, -0.05) is 13.3 Å². The van der Waals surface area contributed by atoms with Gasteiger partial charge in [0.25, 0.3) is 0 Å². The Labute approximate surface area is 106 Å². The van der Waals surface area contributed by atoms with E-state index < -0.39 is 0 Å². The predicted octanol–water partition coefficient (Wildman–Crippen LogP) is 1.88. The molecule has 2 aliphatic heterocycles. The van der Waals surface area contributed by atoms with Crippen molar-refractivity contribution in [1.82, 2.24) is 10.2 Å². The first-order chi connectivity index (χ1) is 8.38. The number of nitrogens with zero attached hydrogens (tertiary/aromatic N) is 1. The topological polar surface area (TPSA) is 24.5 Å². The molecule has 0 radical (unpaired) electrons. The predicted molar refractivity (Wildman–Crippen MR) is 71.3 cm³/mol. The molecule has 100 valence electrons. The van der Waals surface area contributed by atoms with E-state index in [2.05, 4.69) is 17.1 Å². The SMILES string of the molecule is CCC1CCCN(CCNC2CCOCC2)C1. The van der Waals surface area contributed by atoms with Crippen LogP contribution in [0.5, 0.6) is 0 Å². The summed E-state index contributed by atoms with van der Waals surface area (Å²) < 4.78 is 5.37. The van der Waals surface area contributed by atoms with E-state index in [0.29, 0.717) is 6.04 Å². The van der Waals surface area contributed by atoms with Crippen LogP contribution in [-0.2, 0) is 4.74 Å². The fourth-order valence-electron chi connectivity index (χ4n) is 3.02. The first kappa shape index (κ1) is 13.3. The van der Waals surface area contributed by atoms with E-state index in [1.54, 1.807) is 0 Å². The molecule has 0 aliphatic carbocycles. The van der Waals surface area contributed by atoms with Crippen molar-refractivity contribution < 1.29 is 4.74 Å². The van der Waals surface area contributed by atoms with Gasteiger partial charge in [-0.2, -0.15) is 0 Å². The lowest BCUT2D eigenvalue weighted by Crippen LogP contribution is -2.43.